The molecule has 0 spiro atoms. The summed E-state index contributed by atoms with van der Waals surface area (Å²) in [4.78, 5) is 12.0. The third kappa shape index (κ3) is 4.14. The van der Waals surface area contributed by atoms with E-state index in [4.69, 9.17) is 4.74 Å². The predicted octanol–water partition coefficient (Wildman–Crippen LogP) is 5.33. The third-order valence-electron chi connectivity index (χ3n) is 6.77. The highest BCUT2D eigenvalue weighted by Crippen LogP contribution is 2.50. The van der Waals surface area contributed by atoms with Crippen molar-refractivity contribution in [2.75, 3.05) is 17.1 Å². The number of rotatable bonds is 6. The molecule has 0 unspecified atom stereocenters. The number of methoxy groups -OCH3 is 1. The summed E-state index contributed by atoms with van der Waals surface area (Å²) in [5, 5.41) is 13.2. The minimum absolute atomic E-state index is 0.0262. The van der Waals surface area contributed by atoms with Crippen molar-refractivity contribution < 1.29 is 23.1 Å². The molecular formula is C27H26N2O5S. The molecule has 0 fully saturated rings. The first-order chi connectivity index (χ1) is 16.8. The van der Waals surface area contributed by atoms with E-state index >= 15 is 0 Å². The summed E-state index contributed by atoms with van der Waals surface area (Å²) in [5.74, 6) is -0.472. The Morgan fingerprint density at radius 2 is 1.89 bits per heavy atom. The molecule has 1 heterocycles. The molecule has 0 saturated carbocycles. The van der Waals surface area contributed by atoms with Crippen LogP contribution in [0.3, 0.4) is 0 Å². The number of carboxylic acid groups (broad SMARTS) is 1. The second-order valence-electron chi connectivity index (χ2n) is 8.93. The SMILES string of the molecule is COc1ccc(C)cc1NS(=O)(=O)c1ccc2c(c1)[C@H]1C=CC[C@H]1[C@@H](c1ccccc1C(=O)O)N2. The molecule has 180 valence electrons. The summed E-state index contributed by atoms with van der Waals surface area (Å²) in [5.41, 5.74) is 3.97. The van der Waals surface area contributed by atoms with E-state index in [1.165, 1.54) is 7.11 Å². The van der Waals surface area contributed by atoms with Crippen LogP contribution in [0.15, 0.2) is 77.7 Å². The van der Waals surface area contributed by atoms with Gasteiger partial charge in [-0.15, -0.1) is 0 Å². The molecule has 3 atom stereocenters. The summed E-state index contributed by atoms with van der Waals surface area (Å²) >= 11 is 0. The number of anilines is 2. The van der Waals surface area contributed by atoms with Crippen LogP contribution in [0.25, 0.3) is 0 Å². The van der Waals surface area contributed by atoms with E-state index < -0.39 is 16.0 Å². The van der Waals surface area contributed by atoms with E-state index in [0.717, 1.165) is 28.8 Å². The second kappa shape index (κ2) is 8.78. The fraction of sp³-hybridized carbons (Fsp3) is 0.222. The van der Waals surface area contributed by atoms with Gasteiger partial charge in [0, 0.05) is 11.6 Å². The first-order valence-electron chi connectivity index (χ1n) is 11.4. The Bertz CT molecular complexity index is 1450. The lowest BCUT2D eigenvalue weighted by Crippen LogP contribution is -2.30. The van der Waals surface area contributed by atoms with E-state index in [1.54, 1.807) is 42.5 Å². The van der Waals surface area contributed by atoms with Gasteiger partial charge in [0.05, 0.1) is 29.3 Å². The first kappa shape index (κ1) is 23.0. The van der Waals surface area contributed by atoms with Crippen LogP contribution >= 0.6 is 0 Å². The summed E-state index contributed by atoms with van der Waals surface area (Å²) in [6, 6.07) is 17.2. The van der Waals surface area contributed by atoms with Gasteiger partial charge < -0.3 is 15.2 Å². The lowest BCUT2D eigenvalue weighted by atomic mass is 9.76. The van der Waals surface area contributed by atoms with Crippen LogP contribution in [0.4, 0.5) is 11.4 Å². The lowest BCUT2D eigenvalue weighted by Gasteiger charge is -2.38. The number of carboxylic acids is 1. The molecular weight excluding hydrogens is 464 g/mol. The summed E-state index contributed by atoms with van der Waals surface area (Å²) in [6.45, 7) is 1.88. The van der Waals surface area contributed by atoms with Gasteiger partial charge in [-0.2, -0.15) is 0 Å². The van der Waals surface area contributed by atoms with Crippen LogP contribution < -0.4 is 14.8 Å². The van der Waals surface area contributed by atoms with Gasteiger partial charge in [-0.1, -0.05) is 36.4 Å². The molecule has 35 heavy (non-hydrogen) atoms. The number of hydrogen-bond donors (Lipinski definition) is 3. The van der Waals surface area contributed by atoms with Crippen molar-refractivity contribution in [3.05, 3.63) is 95.1 Å². The number of carbonyl (C=O) groups is 1. The number of fused-ring (bicyclic) bond motifs is 3. The van der Waals surface area contributed by atoms with E-state index in [2.05, 4.69) is 22.2 Å². The smallest absolute Gasteiger partial charge is 0.336 e. The Balaban J connectivity index is 1.52. The molecule has 3 N–H and O–H groups in total. The first-order valence-corrected chi connectivity index (χ1v) is 12.8. The maximum atomic E-state index is 13.3. The molecule has 3 aromatic rings. The third-order valence-corrected chi connectivity index (χ3v) is 8.13. The van der Waals surface area contributed by atoms with E-state index in [9.17, 15) is 18.3 Å². The summed E-state index contributed by atoms with van der Waals surface area (Å²) in [7, 11) is -2.37. The van der Waals surface area contributed by atoms with Crippen LogP contribution in [0, 0.1) is 12.8 Å². The summed E-state index contributed by atoms with van der Waals surface area (Å²) < 4.78 is 34.6. The maximum Gasteiger partial charge on any atom is 0.336 e. The molecule has 0 aromatic heterocycles. The zero-order valence-corrected chi connectivity index (χ0v) is 20.2. The topological polar surface area (TPSA) is 105 Å². The quantitative estimate of drug-likeness (QED) is 0.404. The molecule has 1 aliphatic heterocycles. The normalized spacial score (nSPS) is 20.5. The molecule has 0 radical (unpaired) electrons. The van der Waals surface area contributed by atoms with Crippen molar-refractivity contribution in [3.63, 3.8) is 0 Å². The molecule has 1 aliphatic carbocycles. The van der Waals surface area contributed by atoms with Crippen molar-refractivity contribution in [2.45, 2.75) is 30.2 Å². The minimum Gasteiger partial charge on any atom is -0.495 e. The number of allylic oxidation sites excluding steroid dienone is 2. The molecule has 7 nitrogen and oxygen atoms in total. The van der Waals surface area contributed by atoms with Gasteiger partial charge in [-0.05, 0) is 72.4 Å². The monoisotopic (exact) mass is 490 g/mol. The number of benzene rings is 3. The maximum absolute atomic E-state index is 13.3. The van der Waals surface area contributed by atoms with Crippen LogP contribution in [0.2, 0.25) is 0 Å². The van der Waals surface area contributed by atoms with Crippen molar-refractivity contribution in [3.8, 4) is 5.75 Å². The largest absolute Gasteiger partial charge is 0.495 e. The van der Waals surface area contributed by atoms with Crippen LogP contribution in [0.1, 0.15) is 45.4 Å². The van der Waals surface area contributed by atoms with Gasteiger partial charge >= 0.3 is 5.97 Å². The number of aromatic carboxylic acids is 1. The number of hydrogen-bond acceptors (Lipinski definition) is 5. The highest BCUT2D eigenvalue weighted by atomic mass is 32.2. The van der Waals surface area contributed by atoms with Crippen molar-refractivity contribution in [1.29, 1.82) is 0 Å². The number of sulfonamides is 1. The molecule has 3 aromatic carbocycles. The fourth-order valence-corrected chi connectivity index (χ4v) is 6.21. The lowest BCUT2D eigenvalue weighted by molar-refractivity contribution is 0.0694. The molecule has 0 saturated heterocycles. The molecule has 5 rings (SSSR count). The van der Waals surface area contributed by atoms with Crippen molar-refractivity contribution in [2.24, 2.45) is 5.92 Å². The molecule has 8 heteroatoms. The van der Waals surface area contributed by atoms with Gasteiger partial charge in [-0.3, -0.25) is 4.72 Å². The zero-order chi connectivity index (χ0) is 24.7. The standard InChI is InChI=1S/C27H26N2O5S/c1-16-10-13-25(34-2)24(14-16)29-35(32,33)17-11-12-23-22(15-17)18-8-5-9-19(18)26(28-23)20-6-3-4-7-21(20)27(30)31/h3-8,10-15,18-19,26,28-29H,9H2,1-2H3,(H,30,31)/t18-,19+,26-/m0/s1. The van der Waals surface area contributed by atoms with Gasteiger partial charge in [0.15, 0.2) is 0 Å². The van der Waals surface area contributed by atoms with Crippen molar-refractivity contribution >= 4 is 27.4 Å². The highest BCUT2D eigenvalue weighted by Gasteiger charge is 2.39. The minimum atomic E-state index is -3.87. The highest BCUT2D eigenvalue weighted by molar-refractivity contribution is 7.92. The number of nitrogens with one attached hydrogen (secondary N) is 2. The average molecular weight is 491 g/mol. The molecule has 0 bridgehead atoms. The molecule has 0 amide bonds. The van der Waals surface area contributed by atoms with Crippen LogP contribution in [0.5, 0.6) is 5.75 Å². The number of aryl methyl sites for hydroxylation is 1. The average Bonchev–Trinajstić information content (AvgIpc) is 3.33. The van der Waals surface area contributed by atoms with Gasteiger partial charge in [-0.25, -0.2) is 13.2 Å². The second-order valence-corrected chi connectivity index (χ2v) is 10.6. The Morgan fingerprint density at radius 1 is 1.09 bits per heavy atom. The molecule has 2 aliphatic rings. The predicted molar refractivity (Wildman–Crippen MR) is 135 cm³/mol. The van der Waals surface area contributed by atoms with Gasteiger partial charge in [0.2, 0.25) is 0 Å². The van der Waals surface area contributed by atoms with E-state index in [0.29, 0.717) is 11.4 Å². The van der Waals surface area contributed by atoms with Gasteiger partial charge in [0.25, 0.3) is 10.0 Å². The van der Waals surface area contributed by atoms with E-state index in [1.807, 2.05) is 25.1 Å². The van der Waals surface area contributed by atoms with Crippen LogP contribution in [-0.2, 0) is 10.0 Å². The van der Waals surface area contributed by atoms with E-state index in [-0.39, 0.29) is 28.3 Å². The van der Waals surface area contributed by atoms with Gasteiger partial charge in [0.1, 0.15) is 5.75 Å². The fourth-order valence-electron chi connectivity index (χ4n) is 5.12. The zero-order valence-electron chi connectivity index (χ0n) is 19.4. The summed E-state index contributed by atoms with van der Waals surface area (Å²) in [6.07, 6.45) is 4.94. The Hall–Kier alpha value is -3.78. The Kier molecular flexibility index (Phi) is 5.76. The Morgan fingerprint density at radius 3 is 2.66 bits per heavy atom. The van der Waals surface area contributed by atoms with Crippen molar-refractivity contribution in [1.82, 2.24) is 0 Å². The van der Waals surface area contributed by atoms with Crippen LogP contribution in [-0.4, -0.2) is 26.6 Å². The Labute approximate surface area is 204 Å². The number of ether oxygens (including phenoxy) is 1.